The summed E-state index contributed by atoms with van der Waals surface area (Å²) >= 11 is 0. The van der Waals surface area contributed by atoms with Crippen LogP contribution >= 0.6 is 0 Å². The number of sulfone groups is 1. The number of ether oxygens (including phenoxy) is 4. The fraction of sp³-hybridized carbons (Fsp3) is 0.538. The second-order valence-electron chi connectivity index (χ2n) is 4.29. The summed E-state index contributed by atoms with van der Waals surface area (Å²) in [4.78, 5) is 0. The predicted octanol–water partition coefficient (Wildman–Crippen LogP) is 1.40. The molecule has 1 aromatic carbocycles. The molecular formula is C13H20O6S. The molecule has 1 aromatic rings. The third-order valence-corrected chi connectivity index (χ3v) is 3.54. The molecule has 0 aromatic heterocycles. The first-order valence-corrected chi connectivity index (χ1v) is 7.91. The Kier molecular flexibility index (Phi) is 5.64. The molecule has 7 heteroatoms. The van der Waals surface area contributed by atoms with Gasteiger partial charge in [0.2, 0.25) is 5.75 Å². The molecule has 0 atom stereocenters. The van der Waals surface area contributed by atoms with E-state index in [1.54, 1.807) is 6.07 Å². The Labute approximate surface area is 119 Å². The maximum Gasteiger partial charge on any atom is 0.203 e. The van der Waals surface area contributed by atoms with Gasteiger partial charge >= 0.3 is 0 Å². The first kappa shape index (κ1) is 16.6. The van der Waals surface area contributed by atoms with Crippen molar-refractivity contribution in [3.63, 3.8) is 0 Å². The highest BCUT2D eigenvalue weighted by Crippen LogP contribution is 2.42. The molecule has 0 aliphatic rings. The minimum atomic E-state index is -3.23. The van der Waals surface area contributed by atoms with E-state index in [4.69, 9.17) is 18.9 Å². The summed E-state index contributed by atoms with van der Waals surface area (Å²) in [7, 11) is 2.74. The summed E-state index contributed by atoms with van der Waals surface area (Å²) in [6, 6.07) is 1.70. The van der Waals surface area contributed by atoms with Gasteiger partial charge in [0.1, 0.15) is 0 Å². The molecular weight excluding hydrogens is 284 g/mol. The summed E-state index contributed by atoms with van der Waals surface area (Å²) < 4.78 is 44.2. The van der Waals surface area contributed by atoms with Gasteiger partial charge in [-0.15, -0.1) is 0 Å². The Balaban J connectivity index is 3.57. The zero-order valence-electron chi connectivity index (χ0n) is 12.3. The lowest BCUT2D eigenvalue weighted by Gasteiger charge is -2.19. The van der Waals surface area contributed by atoms with E-state index in [-0.39, 0.29) is 12.4 Å². The summed E-state index contributed by atoms with van der Waals surface area (Å²) in [6.07, 6.45) is 1.17. The van der Waals surface area contributed by atoms with Crippen LogP contribution < -0.4 is 14.2 Å². The van der Waals surface area contributed by atoms with E-state index in [1.165, 1.54) is 34.7 Å². The second-order valence-corrected chi connectivity index (χ2v) is 6.43. The zero-order chi connectivity index (χ0) is 15.3. The first-order chi connectivity index (χ1) is 9.37. The Bertz CT molecular complexity index is 565. The van der Waals surface area contributed by atoms with Crippen molar-refractivity contribution < 1.29 is 27.4 Å². The standard InChI is InChI=1S/C13H20O6S/c1-16-7-9-6-11(17-2)13(19-4)12(18-3)10(9)8-20(5,14)15/h6H,7-8H2,1-5H3. The van der Waals surface area contributed by atoms with Gasteiger partial charge in [0.25, 0.3) is 0 Å². The smallest absolute Gasteiger partial charge is 0.203 e. The van der Waals surface area contributed by atoms with E-state index in [2.05, 4.69) is 0 Å². The van der Waals surface area contributed by atoms with Crippen LogP contribution in [0.2, 0.25) is 0 Å². The van der Waals surface area contributed by atoms with Crippen LogP contribution in [0.3, 0.4) is 0 Å². The molecule has 0 heterocycles. The van der Waals surface area contributed by atoms with E-state index in [9.17, 15) is 8.42 Å². The number of methoxy groups -OCH3 is 4. The highest BCUT2D eigenvalue weighted by Gasteiger charge is 2.23. The van der Waals surface area contributed by atoms with E-state index in [0.29, 0.717) is 28.4 Å². The molecule has 0 saturated heterocycles. The summed E-state index contributed by atoms with van der Waals surface area (Å²) in [5.74, 6) is 1.03. The largest absolute Gasteiger partial charge is 0.493 e. The van der Waals surface area contributed by atoms with Gasteiger partial charge in [-0.25, -0.2) is 8.42 Å². The third-order valence-electron chi connectivity index (χ3n) is 2.73. The molecule has 0 N–H and O–H groups in total. The van der Waals surface area contributed by atoms with Gasteiger partial charge in [-0.1, -0.05) is 0 Å². The normalized spacial score (nSPS) is 11.2. The molecule has 0 amide bonds. The van der Waals surface area contributed by atoms with Crippen LogP contribution in [0.1, 0.15) is 11.1 Å². The zero-order valence-corrected chi connectivity index (χ0v) is 13.2. The maximum absolute atomic E-state index is 11.6. The fourth-order valence-corrected chi connectivity index (χ4v) is 2.81. The van der Waals surface area contributed by atoms with Crippen molar-refractivity contribution >= 4 is 9.84 Å². The molecule has 0 aliphatic heterocycles. The lowest BCUT2D eigenvalue weighted by atomic mass is 10.1. The molecule has 0 radical (unpaired) electrons. The molecule has 20 heavy (non-hydrogen) atoms. The molecule has 0 saturated carbocycles. The molecule has 1 rings (SSSR count). The van der Waals surface area contributed by atoms with Gasteiger partial charge in [0.05, 0.1) is 33.7 Å². The number of hydrogen-bond acceptors (Lipinski definition) is 6. The average molecular weight is 304 g/mol. The summed E-state index contributed by atoms with van der Waals surface area (Å²) in [6.45, 7) is 0.252. The Hall–Kier alpha value is -1.47. The van der Waals surface area contributed by atoms with E-state index in [0.717, 1.165) is 0 Å². The van der Waals surface area contributed by atoms with Crippen LogP contribution in [0.4, 0.5) is 0 Å². The van der Waals surface area contributed by atoms with Gasteiger partial charge in [0.15, 0.2) is 21.3 Å². The van der Waals surface area contributed by atoms with Gasteiger partial charge in [-0.05, 0) is 11.6 Å². The Morgan fingerprint density at radius 2 is 1.60 bits per heavy atom. The summed E-state index contributed by atoms with van der Waals surface area (Å²) in [5, 5.41) is 0. The third kappa shape index (κ3) is 3.77. The molecule has 0 aliphatic carbocycles. The molecule has 0 spiro atoms. The molecule has 0 bridgehead atoms. The average Bonchev–Trinajstić information content (AvgIpc) is 2.38. The van der Waals surface area contributed by atoms with E-state index < -0.39 is 9.84 Å². The maximum atomic E-state index is 11.6. The van der Waals surface area contributed by atoms with Crippen molar-refractivity contribution in [2.24, 2.45) is 0 Å². The van der Waals surface area contributed by atoms with Crippen molar-refractivity contribution in [2.45, 2.75) is 12.4 Å². The molecule has 114 valence electrons. The monoisotopic (exact) mass is 304 g/mol. The minimum Gasteiger partial charge on any atom is -0.493 e. The predicted molar refractivity (Wildman–Crippen MR) is 75.4 cm³/mol. The molecule has 0 fully saturated rings. The number of rotatable bonds is 7. The van der Waals surface area contributed by atoms with Crippen LogP contribution in [0.25, 0.3) is 0 Å². The Morgan fingerprint density at radius 1 is 1.00 bits per heavy atom. The van der Waals surface area contributed by atoms with Gasteiger partial charge < -0.3 is 18.9 Å². The SMILES string of the molecule is COCc1cc(OC)c(OC)c(OC)c1CS(C)(=O)=O. The quantitative estimate of drug-likeness (QED) is 0.758. The summed E-state index contributed by atoms with van der Waals surface area (Å²) in [5.41, 5.74) is 1.21. The first-order valence-electron chi connectivity index (χ1n) is 5.85. The van der Waals surface area contributed by atoms with Gasteiger partial charge in [0, 0.05) is 18.9 Å². The number of hydrogen-bond donors (Lipinski definition) is 0. The second kappa shape index (κ2) is 6.81. The minimum absolute atomic E-state index is 0.158. The van der Waals surface area contributed by atoms with E-state index >= 15 is 0 Å². The van der Waals surface area contributed by atoms with Crippen molar-refractivity contribution in [1.29, 1.82) is 0 Å². The fourth-order valence-electron chi connectivity index (χ4n) is 1.97. The van der Waals surface area contributed by atoms with Crippen LogP contribution in [-0.4, -0.2) is 43.1 Å². The van der Waals surface area contributed by atoms with Crippen LogP contribution in [0, 0.1) is 0 Å². The van der Waals surface area contributed by atoms with Crippen molar-refractivity contribution in [2.75, 3.05) is 34.7 Å². The van der Waals surface area contributed by atoms with Crippen molar-refractivity contribution in [3.05, 3.63) is 17.2 Å². The van der Waals surface area contributed by atoms with Crippen molar-refractivity contribution in [3.8, 4) is 17.2 Å². The van der Waals surface area contributed by atoms with Crippen molar-refractivity contribution in [1.82, 2.24) is 0 Å². The lowest BCUT2D eigenvalue weighted by molar-refractivity contribution is 0.183. The van der Waals surface area contributed by atoms with Crippen LogP contribution in [-0.2, 0) is 26.9 Å². The molecule has 0 unspecified atom stereocenters. The highest BCUT2D eigenvalue weighted by atomic mass is 32.2. The number of benzene rings is 1. The van der Waals surface area contributed by atoms with Crippen LogP contribution in [0.5, 0.6) is 17.2 Å². The van der Waals surface area contributed by atoms with E-state index in [1.807, 2.05) is 0 Å². The lowest BCUT2D eigenvalue weighted by Crippen LogP contribution is -2.09. The molecule has 6 nitrogen and oxygen atoms in total. The van der Waals surface area contributed by atoms with Gasteiger partial charge in [-0.2, -0.15) is 0 Å². The highest BCUT2D eigenvalue weighted by molar-refractivity contribution is 7.89. The van der Waals surface area contributed by atoms with Crippen LogP contribution in [0.15, 0.2) is 6.07 Å². The van der Waals surface area contributed by atoms with Gasteiger partial charge in [-0.3, -0.25) is 0 Å². The Morgan fingerprint density at radius 3 is 2.00 bits per heavy atom. The topological polar surface area (TPSA) is 71.1 Å².